The first-order valence-corrected chi connectivity index (χ1v) is 6.31. The Hall–Kier alpha value is -1.55. The summed E-state index contributed by atoms with van der Waals surface area (Å²) in [4.78, 5) is 13.2. The molecule has 0 fully saturated rings. The molecule has 2 rings (SSSR count). The van der Waals surface area contributed by atoms with Crippen molar-refractivity contribution in [3.05, 3.63) is 29.3 Å². The fraction of sp³-hybridized carbons (Fsp3) is 0.500. The van der Waals surface area contributed by atoms with Crippen LogP contribution in [0.15, 0.2) is 18.2 Å². The van der Waals surface area contributed by atoms with Crippen LogP contribution in [0.25, 0.3) is 0 Å². The van der Waals surface area contributed by atoms with E-state index < -0.39 is 0 Å². The molecule has 0 saturated heterocycles. The maximum absolute atomic E-state index is 10.9. The number of hydrogen-bond acceptors (Lipinski definition) is 4. The summed E-state index contributed by atoms with van der Waals surface area (Å²) in [5.74, 6) is -0.168. The van der Waals surface area contributed by atoms with Gasteiger partial charge in [-0.05, 0) is 23.6 Å². The lowest BCUT2D eigenvalue weighted by molar-refractivity contribution is -0.140. The van der Waals surface area contributed by atoms with Crippen LogP contribution in [0.4, 0.5) is 5.69 Å². The highest BCUT2D eigenvalue weighted by atomic mass is 16.5. The Morgan fingerprint density at radius 1 is 1.50 bits per heavy atom. The van der Waals surface area contributed by atoms with Gasteiger partial charge in [0.05, 0.1) is 13.5 Å². The molecule has 1 aromatic rings. The van der Waals surface area contributed by atoms with Gasteiger partial charge in [-0.25, -0.2) is 0 Å². The summed E-state index contributed by atoms with van der Waals surface area (Å²) in [6.07, 6.45) is 1.55. The van der Waals surface area contributed by atoms with Gasteiger partial charge in [0.1, 0.15) is 0 Å². The molecular formula is C14H20N2O2. The highest BCUT2D eigenvalue weighted by Gasteiger charge is 2.15. The van der Waals surface area contributed by atoms with Gasteiger partial charge in [-0.1, -0.05) is 12.1 Å². The zero-order chi connectivity index (χ0) is 13.0. The molecule has 0 saturated carbocycles. The Morgan fingerprint density at radius 3 is 3.11 bits per heavy atom. The lowest BCUT2D eigenvalue weighted by atomic mass is 10.1. The van der Waals surface area contributed by atoms with Gasteiger partial charge in [0.15, 0.2) is 0 Å². The number of rotatable bonds is 5. The summed E-state index contributed by atoms with van der Waals surface area (Å²) < 4.78 is 4.59. The van der Waals surface area contributed by atoms with Gasteiger partial charge in [0, 0.05) is 32.4 Å². The molecule has 98 valence electrons. The van der Waals surface area contributed by atoms with Crippen molar-refractivity contribution in [2.75, 3.05) is 32.1 Å². The Bertz CT molecular complexity index is 432. The van der Waals surface area contributed by atoms with Crippen LogP contribution in [0.1, 0.15) is 17.5 Å². The van der Waals surface area contributed by atoms with E-state index in [9.17, 15) is 4.79 Å². The molecule has 0 spiro atoms. The molecule has 0 aromatic heterocycles. The molecule has 1 aromatic carbocycles. The van der Waals surface area contributed by atoms with Gasteiger partial charge in [-0.3, -0.25) is 4.79 Å². The van der Waals surface area contributed by atoms with Gasteiger partial charge >= 0.3 is 5.97 Å². The Balaban J connectivity index is 1.82. The van der Waals surface area contributed by atoms with Crippen LogP contribution < -0.4 is 10.2 Å². The van der Waals surface area contributed by atoms with Crippen LogP contribution >= 0.6 is 0 Å². The number of benzene rings is 1. The van der Waals surface area contributed by atoms with Crippen molar-refractivity contribution in [3.8, 4) is 0 Å². The van der Waals surface area contributed by atoms with E-state index in [-0.39, 0.29) is 5.97 Å². The minimum Gasteiger partial charge on any atom is -0.469 e. The van der Waals surface area contributed by atoms with Crippen molar-refractivity contribution < 1.29 is 9.53 Å². The fourth-order valence-electron chi connectivity index (χ4n) is 2.26. The fourth-order valence-corrected chi connectivity index (χ4v) is 2.26. The van der Waals surface area contributed by atoms with E-state index in [2.05, 4.69) is 40.2 Å². The molecule has 0 unspecified atom stereocenters. The van der Waals surface area contributed by atoms with Gasteiger partial charge < -0.3 is 15.0 Å². The number of ether oxygens (including phenoxy) is 1. The molecular weight excluding hydrogens is 228 g/mol. The minimum atomic E-state index is -0.168. The zero-order valence-electron chi connectivity index (χ0n) is 11.0. The second kappa shape index (κ2) is 5.87. The van der Waals surface area contributed by atoms with Crippen molar-refractivity contribution in [2.45, 2.75) is 19.4 Å². The molecule has 0 aliphatic carbocycles. The number of methoxy groups -OCH3 is 1. The lowest BCUT2D eigenvalue weighted by Crippen LogP contribution is -2.18. The minimum absolute atomic E-state index is 0.168. The molecule has 0 radical (unpaired) electrons. The van der Waals surface area contributed by atoms with Crippen molar-refractivity contribution in [1.29, 1.82) is 0 Å². The maximum atomic E-state index is 10.9. The average Bonchev–Trinajstić information content (AvgIpc) is 2.76. The molecule has 1 heterocycles. The van der Waals surface area contributed by atoms with Gasteiger partial charge in [-0.2, -0.15) is 0 Å². The molecule has 1 N–H and O–H groups in total. The second-order valence-corrected chi connectivity index (χ2v) is 4.64. The lowest BCUT2D eigenvalue weighted by Gasteiger charge is -2.12. The first-order chi connectivity index (χ1) is 8.70. The molecule has 4 heteroatoms. The number of carbonyl (C=O) groups excluding carboxylic acids is 1. The largest absolute Gasteiger partial charge is 0.469 e. The van der Waals surface area contributed by atoms with E-state index in [0.29, 0.717) is 13.0 Å². The zero-order valence-corrected chi connectivity index (χ0v) is 11.0. The van der Waals surface area contributed by atoms with E-state index in [4.69, 9.17) is 0 Å². The Morgan fingerprint density at radius 2 is 2.33 bits per heavy atom. The summed E-state index contributed by atoms with van der Waals surface area (Å²) in [5.41, 5.74) is 4.03. The number of nitrogens with zero attached hydrogens (tertiary/aromatic N) is 1. The summed E-state index contributed by atoms with van der Waals surface area (Å²) in [7, 11) is 3.54. The molecule has 1 aliphatic rings. The number of likely N-dealkylation sites (N-methyl/N-ethyl adjacent to an activating group) is 1. The van der Waals surface area contributed by atoms with E-state index in [1.807, 2.05) is 0 Å². The van der Waals surface area contributed by atoms with E-state index in [0.717, 1.165) is 19.5 Å². The van der Waals surface area contributed by atoms with Crippen molar-refractivity contribution in [3.63, 3.8) is 0 Å². The van der Waals surface area contributed by atoms with E-state index in [1.165, 1.54) is 23.9 Å². The number of esters is 1. The summed E-state index contributed by atoms with van der Waals surface area (Å²) in [6.45, 7) is 2.56. The Labute approximate surface area is 108 Å². The van der Waals surface area contributed by atoms with Gasteiger partial charge in [-0.15, -0.1) is 0 Å². The number of carbonyl (C=O) groups is 1. The SMILES string of the molecule is COC(=O)CCNCc1ccc2c(c1)CCN2C. The predicted molar refractivity (Wildman–Crippen MR) is 71.8 cm³/mol. The molecule has 0 amide bonds. The summed E-state index contributed by atoms with van der Waals surface area (Å²) >= 11 is 0. The quantitative estimate of drug-likeness (QED) is 0.630. The van der Waals surface area contributed by atoms with E-state index in [1.54, 1.807) is 0 Å². The number of fused-ring (bicyclic) bond motifs is 1. The van der Waals surface area contributed by atoms with E-state index >= 15 is 0 Å². The van der Waals surface area contributed by atoms with Crippen LogP contribution in [0.3, 0.4) is 0 Å². The third-order valence-corrected chi connectivity index (χ3v) is 3.33. The third kappa shape index (κ3) is 3.01. The normalized spacial score (nSPS) is 13.6. The highest BCUT2D eigenvalue weighted by molar-refractivity contribution is 5.69. The van der Waals surface area contributed by atoms with Gasteiger partial charge in [0.2, 0.25) is 0 Å². The van der Waals surface area contributed by atoms with Crippen LogP contribution in [0.5, 0.6) is 0 Å². The second-order valence-electron chi connectivity index (χ2n) is 4.64. The highest BCUT2D eigenvalue weighted by Crippen LogP contribution is 2.27. The Kier molecular flexibility index (Phi) is 4.20. The molecule has 0 atom stereocenters. The predicted octanol–water partition coefficient (Wildman–Crippen LogP) is 1.33. The maximum Gasteiger partial charge on any atom is 0.306 e. The monoisotopic (exact) mass is 248 g/mol. The first kappa shape index (κ1) is 12.9. The molecule has 4 nitrogen and oxygen atoms in total. The van der Waals surface area contributed by atoms with Crippen molar-refractivity contribution in [2.24, 2.45) is 0 Å². The van der Waals surface area contributed by atoms with Crippen molar-refractivity contribution >= 4 is 11.7 Å². The topological polar surface area (TPSA) is 41.6 Å². The standard InChI is InChI=1S/C14H20N2O2/c1-16-8-6-12-9-11(3-4-13(12)16)10-15-7-5-14(17)18-2/h3-4,9,15H,5-8,10H2,1-2H3. The van der Waals surface area contributed by atoms with Crippen molar-refractivity contribution in [1.82, 2.24) is 5.32 Å². The third-order valence-electron chi connectivity index (χ3n) is 3.33. The van der Waals surface area contributed by atoms with Crippen LogP contribution in [-0.4, -0.2) is 33.2 Å². The average molecular weight is 248 g/mol. The molecule has 1 aliphatic heterocycles. The molecule has 0 bridgehead atoms. The van der Waals surface area contributed by atoms with Gasteiger partial charge in [0.25, 0.3) is 0 Å². The van der Waals surface area contributed by atoms with Crippen LogP contribution in [0.2, 0.25) is 0 Å². The van der Waals surface area contributed by atoms with Crippen LogP contribution in [-0.2, 0) is 22.5 Å². The molecule has 18 heavy (non-hydrogen) atoms. The number of hydrogen-bond donors (Lipinski definition) is 1. The smallest absolute Gasteiger partial charge is 0.306 e. The summed E-state index contributed by atoms with van der Waals surface area (Å²) in [6, 6.07) is 6.58. The summed E-state index contributed by atoms with van der Waals surface area (Å²) in [5, 5.41) is 3.25. The number of anilines is 1. The first-order valence-electron chi connectivity index (χ1n) is 6.31. The number of nitrogens with one attached hydrogen (secondary N) is 1. The van der Waals surface area contributed by atoms with Crippen LogP contribution in [0, 0.1) is 0 Å².